The minimum Gasteiger partial charge on any atom is -0.411 e. The molecule has 4 nitrogen and oxygen atoms in total. The van der Waals surface area contributed by atoms with Gasteiger partial charge in [0.25, 0.3) is 5.22 Å². The van der Waals surface area contributed by atoms with E-state index in [0.29, 0.717) is 11.1 Å². The quantitative estimate of drug-likeness (QED) is 0.850. The summed E-state index contributed by atoms with van der Waals surface area (Å²) in [6.45, 7) is 2.32. The molecule has 1 aromatic carbocycles. The van der Waals surface area contributed by atoms with Gasteiger partial charge in [0, 0.05) is 11.3 Å². The molecule has 0 radical (unpaired) electrons. The fourth-order valence-corrected chi connectivity index (χ4v) is 3.31. The Kier molecular flexibility index (Phi) is 6.54. The van der Waals surface area contributed by atoms with Crippen LogP contribution in [0.5, 0.6) is 0 Å². The van der Waals surface area contributed by atoms with E-state index >= 15 is 0 Å². The maximum Gasteiger partial charge on any atom is 0.276 e. The molecule has 2 heterocycles. The van der Waals surface area contributed by atoms with Gasteiger partial charge >= 0.3 is 0 Å². The van der Waals surface area contributed by atoms with E-state index in [2.05, 4.69) is 15.5 Å². The molecule has 1 aromatic heterocycles. The zero-order chi connectivity index (χ0) is 13.6. The van der Waals surface area contributed by atoms with Crippen molar-refractivity contribution in [1.82, 2.24) is 15.5 Å². The number of benzene rings is 1. The first-order valence-electron chi connectivity index (χ1n) is 7.14. The summed E-state index contributed by atoms with van der Waals surface area (Å²) < 4.78 is 5.69. The van der Waals surface area contributed by atoms with Gasteiger partial charge < -0.3 is 9.73 Å². The Labute approximate surface area is 135 Å². The molecule has 0 bridgehead atoms. The van der Waals surface area contributed by atoms with Crippen LogP contribution in [-0.4, -0.2) is 29.0 Å². The topological polar surface area (TPSA) is 51.0 Å². The number of nitrogens with zero attached hydrogens (tertiary/aromatic N) is 2. The molecule has 21 heavy (non-hydrogen) atoms. The first-order valence-corrected chi connectivity index (χ1v) is 8.13. The number of rotatable bonds is 5. The monoisotopic (exact) mass is 325 g/mol. The molecule has 0 aliphatic carbocycles. The van der Waals surface area contributed by atoms with E-state index in [9.17, 15) is 0 Å². The Hall–Kier alpha value is -1.04. The third-order valence-corrected chi connectivity index (χ3v) is 4.49. The van der Waals surface area contributed by atoms with Gasteiger partial charge in [-0.05, 0) is 50.4 Å². The van der Waals surface area contributed by atoms with Crippen molar-refractivity contribution in [2.24, 2.45) is 5.92 Å². The van der Waals surface area contributed by atoms with Gasteiger partial charge in [-0.2, -0.15) is 0 Å². The summed E-state index contributed by atoms with van der Waals surface area (Å²) in [4.78, 5) is 0. The van der Waals surface area contributed by atoms with Crippen molar-refractivity contribution < 1.29 is 4.42 Å². The summed E-state index contributed by atoms with van der Waals surface area (Å²) in [5.41, 5.74) is 0.977. The van der Waals surface area contributed by atoms with E-state index in [1.54, 1.807) is 11.8 Å². The number of thioether (sulfide) groups is 1. The summed E-state index contributed by atoms with van der Waals surface area (Å²) in [5, 5.41) is 12.3. The number of hydrogen-bond acceptors (Lipinski definition) is 5. The summed E-state index contributed by atoms with van der Waals surface area (Å²) in [6, 6.07) is 9.90. The molecular weight excluding hydrogens is 306 g/mol. The van der Waals surface area contributed by atoms with Crippen molar-refractivity contribution in [3.05, 3.63) is 30.3 Å². The van der Waals surface area contributed by atoms with Crippen LogP contribution >= 0.6 is 24.2 Å². The van der Waals surface area contributed by atoms with Gasteiger partial charge in [0.1, 0.15) is 0 Å². The van der Waals surface area contributed by atoms with E-state index in [-0.39, 0.29) is 12.4 Å². The van der Waals surface area contributed by atoms with Gasteiger partial charge in [-0.1, -0.05) is 30.0 Å². The lowest BCUT2D eigenvalue weighted by molar-refractivity contribution is 0.367. The fraction of sp³-hybridized carbons (Fsp3) is 0.467. The first kappa shape index (κ1) is 16.3. The van der Waals surface area contributed by atoms with Crippen molar-refractivity contribution in [3.8, 4) is 11.5 Å². The van der Waals surface area contributed by atoms with Crippen LogP contribution in [0.2, 0.25) is 0 Å². The number of nitrogens with one attached hydrogen (secondary N) is 1. The zero-order valence-electron chi connectivity index (χ0n) is 11.8. The van der Waals surface area contributed by atoms with E-state index in [0.717, 1.165) is 30.3 Å². The van der Waals surface area contributed by atoms with Crippen molar-refractivity contribution in [3.63, 3.8) is 0 Å². The Morgan fingerprint density at radius 2 is 1.90 bits per heavy atom. The molecule has 0 amide bonds. The molecule has 3 rings (SSSR count). The van der Waals surface area contributed by atoms with Crippen LogP contribution in [0.15, 0.2) is 40.0 Å². The van der Waals surface area contributed by atoms with Crippen LogP contribution in [0.25, 0.3) is 11.5 Å². The lowest BCUT2D eigenvalue weighted by Crippen LogP contribution is -2.27. The number of aromatic nitrogens is 2. The third-order valence-electron chi connectivity index (χ3n) is 3.64. The Balaban J connectivity index is 0.00000161. The predicted octanol–water partition coefficient (Wildman–Crippen LogP) is 3.64. The second-order valence-corrected chi connectivity index (χ2v) is 6.12. The van der Waals surface area contributed by atoms with Crippen LogP contribution in [0.4, 0.5) is 0 Å². The predicted molar refractivity (Wildman–Crippen MR) is 87.9 cm³/mol. The average Bonchev–Trinajstić information content (AvgIpc) is 2.98. The van der Waals surface area contributed by atoms with Crippen LogP contribution in [0.3, 0.4) is 0 Å². The van der Waals surface area contributed by atoms with Gasteiger partial charge in [-0.3, -0.25) is 0 Å². The van der Waals surface area contributed by atoms with Crippen LogP contribution < -0.4 is 5.32 Å². The molecule has 1 N–H and O–H groups in total. The molecule has 0 unspecified atom stereocenters. The highest BCUT2D eigenvalue weighted by Crippen LogP contribution is 2.25. The van der Waals surface area contributed by atoms with Gasteiger partial charge in [-0.25, -0.2) is 0 Å². The normalized spacial score (nSPS) is 15.6. The van der Waals surface area contributed by atoms with Crippen LogP contribution in [0.1, 0.15) is 19.3 Å². The molecule has 0 saturated carbocycles. The molecule has 1 aliphatic heterocycles. The summed E-state index contributed by atoms with van der Waals surface area (Å²) in [6.07, 6.45) is 3.81. The molecule has 0 atom stereocenters. The smallest absolute Gasteiger partial charge is 0.276 e. The maximum atomic E-state index is 5.69. The van der Waals surface area contributed by atoms with Gasteiger partial charge in [0.15, 0.2) is 0 Å². The lowest BCUT2D eigenvalue weighted by atomic mass is 9.96. The molecule has 1 fully saturated rings. The number of halogens is 1. The summed E-state index contributed by atoms with van der Waals surface area (Å²) >= 11 is 1.67. The SMILES string of the molecule is Cl.c1ccc(-c2nnc(SCCC3CCNCC3)o2)cc1. The average molecular weight is 326 g/mol. The Morgan fingerprint density at radius 1 is 1.14 bits per heavy atom. The Bertz CT molecular complexity index is 529. The van der Waals surface area contributed by atoms with E-state index in [4.69, 9.17) is 4.42 Å². The van der Waals surface area contributed by atoms with E-state index in [1.807, 2.05) is 30.3 Å². The summed E-state index contributed by atoms with van der Waals surface area (Å²) in [7, 11) is 0. The zero-order valence-corrected chi connectivity index (χ0v) is 13.5. The van der Waals surface area contributed by atoms with E-state index in [1.165, 1.54) is 19.3 Å². The van der Waals surface area contributed by atoms with Crippen molar-refractivity contribution >= 4 is 24.2 Å². The van der Waals surface area contributed by atoms with E-state index < -0.39 is 0 Å². The standard InChI is InChI=1S/C15H19N3OS.ClH/c1-2-4-13(5-3-1)14-17-18-15(19-14)20-11-8-12-6-9-16-10-7-12;/h1-5,12,16H,6-11H2;1H. The number of piperidine rings is 1. The highest BCUT2D eigenvalue weighted by molar-refractivity contribution is 7.99. The highest BCUT2D eigenvalue weighted by Gasteiger charge is 2.14. The van der Waals surface area contributed by atoms with Gasteiger partial charge in [0.05, 0.1) is 0 Å². The second-order valence-electron chi connectivity index (χ2n) is 5.07. The van der Waals surface area contributed by atoms with Crippen molar-refractivity contribution in [2.45, 2.75) is 24.5 Å². The van der Waals surface area contributed by atoms with Gasteiger partial charge in [-0.15, -0.1) is 22.6 Å². The van der Waals surface area contributed by atoms with Crippen molar-refractivity contribution in [1.29, 1.82) is 0 Å². The first-order chi connectivity index (χ1) is 9.92. The highest BCUT2D eigenvalue weighted by atomic mass is 35.5. The second kappa shape index (κ2) is 8.41. The van der Waals surface area contributed by atoms with Gasteiger partial charge in [0.2, 0.25) is 5.89 Å². The largest absolute Gasteiger partial charge is 0.411 e. The minimum atomic E-state index is 0. The molecule has 1 aliphatic rings. The molecular formula is C15H20ClN3OS. The maximum absolute atomic E-state index is 5.69. The molecule has 0 spiro atoms. The third kappa shape index (κ3) is 4.73. The molecule has 2 aromatic rings. The molecule has 1 saturated heterocycles. The number of hydrogen-bond donors (Lipinski definition) is 1. The van der Waals surface area contributed by atoms with Crippen LogP contribution in [-0.2, 0) is 0 Å². The van der Waals surface area contributed by atoms with Crippen LogP contribution in [0, 0.1) is 5.92 Å². The molecule has 114 valence electrons. The fourth-order valence-electron chi connectivity index (χ4n) is 2.45. The lowest BCUT2D eigenvalue weighted by Gasteiger charge is -2.21. The molecule has 6 heteroatoms. The minimum absolute atomic E-state index is 0. The summed E-state index contributed by atoms with van der Waals surface area (Å²) in [5.74, 6) is 2.51. The Morgan fingerprint density at radius 3 is 2.67 bits per heavy atom. The van der Waals surface area contributed by atoms with Crippen molar-refractivity contribution in [2.75, 3.05) is 18.8 Å².